The van der Waals surface area contributed by atoms with Crippen molar-refractivity contribution in [2.24, 2.45) is 0 Å². The summed E-state index contributed by atoms with van der Waals surface area (Å²) in [4.78, 5) is 0. The Morgan fingerprint density at radius 1 is 1.00 bits per heavy atom. The number of hydrogen-bond acceptors (Lipinski definition) is 1. The van der Waals surface area contributed by atoms with E-state index in [4.69, 9.17) is 5.11 Å². The normalized spacial score (nSPS) is 7.50. The van der Waals surface area contributed by atoms with Crippen molar-refractivity contribution in [3.63, 3.8) is 0 Å². The van der Waals surface area contributed by atoms with Gasteiger partial charge >= 0.3 is 17.1 Å². The van der Waals surface area contributed by atoms with E-state index in [1.165, 1.54) is 0 Å². The molecule has 0 aliphatic carbocycles. The van der Waals surface area contributed by atoms with Gasteiger partial charge in [0, 0.05) is 0 Å². The van der Waals surface area contributed by atoms with Crippen LogP contribution in [0.5, 0.6) is 5.75 Å². The first-order valence-electron chi connectivity index (χ1n) is 2.13. The number of phenols is 1. The van der Waals surface area contributed by atoms with Crippen molar-refractivity contribution >= 4 is 0 Å². The SMILES string of the molecule is Oc1ccccc1.[Cu+2]. The molecule has 0 aliphatic heterocycles. The van der Waals surface area contributed by atoms with Crippen molar-refractivity contribution in [3.8, 4) is 5.75 Å². The number of aromatic hydroxyl groups is 1. The molecule has 1 aromatic rings. The number of hydrogen-bond donors (Lipinski definition) is 1. The molecule has 2 heteroatoms. The van der Waals surface area contributed by atoms with Crippen molar-refractivity contribution in [2.75, 3.05) is 0 Å². The Morgan fingerprint density at radius 3 is 1.75 bits per heavy atom. The summed E-state index contributed by atoms with van der Waals surface area (Å²) >= 11 is 0. The molecule has 1 nitrogen and oxygen atoms in total. The monoisotopic (exact) mass is 157 g/mol. The predicted molar refractivity (Wildman–Crippen MR) is 28.1 cm³/mol. The van der Waals surface area contributed by atoms with Crippen LogP contribution in [-0.2, 0) is 17.1 Å². The molecular formula is C6H6CuO+2. The smallest absolute Gasteiger partial charge is 0.508 e. The van der Waals surface area contributed by atoms with Gasteiger partial charge in [0.1, 0.15) is 5.75 Å². The molecule has 1 N–H and O–H groups in total. The molecule has 0 unspecified atom stereocenters. The van der Waals surface area contributed by atoms with Gasteiger partial charge in [-0.1, -0.05) is 18.2 Å². The van der Waals surface area contributed by atoms with E-state index in [1.807, 2.05) is 6.07 Å². The van der Waals surface area contributed by atoms with Crippen LogP contribution >= 0.6 is 0 Å². The van der Waals surface area contributed by atoms with Crippen molar-refractivity contribution in [1.82, 2.24) is 0 Å². The van der Waals surface area contributed by atoms with E-state index < -0.39 is 0 Å². The summed E-state index contributed by atoms with van der Waals surface area (Å²) in [6.07, 6.45) is 0. The zero-order valence-corrected chi connectivity index (χ0v) is 5.08. The van der Waals surface area contributed by atoms with Gasteiger partial charge < -0.3 is 5.11 Å². The molecule has 0 saturated heterocycles. The van der Waals surface area contributed by atoms with Crippen LogP contribution in [0.1, 0.15) is 0 Å². The summed E-state index contributed by atoms with van der Waals surface area (Å²) in [6, 6.07) is 8.71. The molecular weight excluding hydrogens is 152 g/mol. The van der Waals surface area contributed by atoms with Crippen LogP contribution in [0.15, 0.2) is 30.3 Å². The zero-order valence-electron chi connectivity index (χ0n) is 4.14. The topological polar surface area (TPSA) is 20.2 Å². The Balaban J connectivity index is 0.000000490. The molecule has 0 atom stereocenters. The number of para-hydroxylation sites is 1. The molecule has 1 aromatic carbocycles. The first-order valence-corrected chi connectivity index (χ1v) is 2.13. The quantitative estimate of drug-likeness (QED) is 0.565. The number of benzene rings is 1. The van der Waals surface area contributed by atoms with E-state index >= 15 is 0 Å². The molecule has 45 valence electrons. The Bertz CT molecular complexity index is 138. The summed E-state index contributed by atoms with van der Waals surface area (Å²) < 4.78 is 0. The second kappa shape index (κ2) is 3.53. The number of rotatable bonds is 0. The van der Waals surface area contributed by atoms with Crippen LogP contribution in [0.3, 0.4) is 0 Å². The maximum atomic E-state index is 8.63. The fraction of sp³-hybridized carbons (Fsp3) is 0. The van der Waals surface area contributed by atoms with E-state index in [9.17, 15) is 0 Å². The maximum Gasteiger partial charge on any atom is 2.00 e. The maximum absolute atomic E-state index is 8.63. The van der Waals surface area contributed by atoms with Crippen molar-refractivity contribution in [2.45, 2.75) is 0 Å². The van der Waals surface area contributed by atoms with Gasteiger partial charge in [0.2, 0.25) is 0 Å². The van der Waals surface area contributed by atoms with E-state index in [2.05, 4.69) is 0 Å². The molecule has 0 bridgehead atoms. The van der Waals surface area contributed by atoms with E-state index in [-0.39, 0.29) is 17.1 Å². The van der Waals surface area contributed by atoms with Crippen LogP contribution in [-0.4, -0.2) is 5.11 Å². The molecule has 0 heterocycles. The second-order valence-corrected chi connectivity index (χ2v) is 1.34. The van der Waals surface area contributed by atoms with Gasteiger partial charge in [-0.25, -0.2) is 0 Å². The average molecular weight is 158 g/mol. The Hall–Kier alpha value is -0.461. The molecule has 0 fully saturated rings. The summed E-state index contributed by atoms with van der Waals surface area (Å²) in [6.45, 7) is 0. The van der Waals surface area contributed by atoms with Crippen molar-refractivity contribution in [3.05, 3.63) is 30.3 Å². The van der Waals surface area contributed by atoms with Gasteiger partial charge in [0.05, 0.1) is 0 Å². The summed E-state index contributed by atoms with van der Waals surface area (Å²) in [5, 5.41) is 8.63. The fourth-order valence-corrected chi connectivity index (χ4v) is 0.428. The molecule has 0 amide bonds. The molecule has 0 spiro atoms. The third-order valence-electron chi connectivity index (χ3n) is 0.756. The predicted octanol–water partition coefficient (Wildman–Crippen LogP) is 1.39. The van der Waals surface area contributed by atoms with E-state index in [1.54, 1.807) is 24.3 Å². The van der Waals surface area contributed by atoms with Crippen LogP contribution in [0.25, 0.3) is 0 Å². The standard InChI is InChI=1S/C6H6O.Cu/c7-6-4-2-1-3-5-6;/h1-5,7H;/q;+2. The van der Waals surface area contributed by atoms with Gasteiger partial charge in [0.15, 0.2) is 0 Å². The minimum Gasteiger partial charge on any atom is -0.508 e. The van der Waals surface area contributed by atoms with Crippen LogP contribution in [0, 0.1) is 0 Å². The third-order valence-corrected chi connectivity index (χ3v) is 0.756. The third kappa shape index (κ3) is 2.01. The Morgan fingerprint density at radius 2 is 1.50 bits per heavy atom. The number of phenolic OH excluding ortho intramolecular Hbond substituents is 1. The molecule has 1 radical (unpaired) electrons. The summed E-state index contributed by atoms with van der Waals surface area (Å²) in [7, 11) is 0. The first-order chi connectivity index (χ1) is 3.39. The van der Waals surface area contributed by atoms with Gasteiger partial charge in [-0.05, 0) is 12.1 Å². The summed E-state index contributed by atoms with van der Waals surface area (Å²) in [5.41, 5.74) is 0. The van der Waals surface area contributed by atoms with E-state index in [0.29, 0.717) is 5.75 Å². The van der Waals surface area contributed by atoms with Gasteiger partial charge in [-0.2, -0.15) is 0 Å². The van der Waals surface area contributed by atoms with Crippen LogP contribution in [0.2, 0.25) is 0 Å². The van der Waals surface area contributed by atoms with Crippen LogP contribution < -0.4 is 0 Å². The second-order valence-electron chi connectivity index (χ2n) is 1.34. The van der Waals surface area contributed by atoms with Gasteiger partial charge in [0.25, 0.3) is 0 Å². The Kier molecular flexibility index (Phi) is 3.33. The minimum atomic E-state index is 0. The molecule has 8 heavy (non-hydrogen) atoms. The minimum absolute atomic E-state index is 0. The zero-order chi connectivity index (χ0) is 5.11. The fourth-order valence-electron chi connectivity index (χ4n) is 0.428. The van der Waals surface area contributed by atoms with E-state index in [0.717, 1.165) is 0 Å². The molecule has 0 aliphatic rings. The van der Waals surface area contributed by atoms with Gasteiger partial charge in [-0.3, -0.25) is 0 Å². The average Bonchev–Trinajstić information content (AvgIpc) is 1.69. The first kappa shape index (κ1) is 7.54. The van der Waals surface area contributed by atoms with Gasteiger partial charge in [-0.15, -0.1) is 0 Å². The molecule has 1 rings (SSSR count). The molecule has 0 saturated carbocycles. The Labute approximate surface area is 58.8 Å². The van der Waals surface area contributed by atoms with Crippen molar-refractivity contribution < 1.29 is 22.2 Å². The molecule has 0 aromatic heterocycles. The summed E-state index contributed by atoms with van der Waals surface area (Å²) in [5.74, 6) is 0.322. The largest absolute Gasteiger partial charge is 2.00 e. The van der Waals surface area contributed by atoms with Crippen molar-refractivity contribution in [1.29, 1.82) is 0 Å². The van der Waals surface area contributed by atoms with Crippen LogP contribution in [0.4, 0.5) is 0 Å².